The van der Waals surface area contributed by atoms with Crippen LogP contribution in [0.25, 0.3) is 111 Å². The Bertz CT molecular complexity index is 3190. The summed E-state index contributed by atoms with van der Waals surface area (Å²) >= 11 is 0. The molecule has 0 saturated heterocycles. The second-order valence-electron chi connectivity index (χ2n) is 13.2. The summed E-state index contributed by atoms with van der Waals surface area (Å²) in [4.78, 5) is 15.2. The third kappa shape index (κ3) is 4.53. The Morgan fingerprint density at radius 1 is 0.308 bits per heavy atom. The monoisotopic (exact) mass is 665 g/mol. The third-order valence-corrected chi connectivity index (χ3v) is 10.1. The summed E-state index contributed by atoms with van der Waals surface area (Å²) in [5, 5.41) is 9.07. The number of hydrogen-bond acceptors (Lipinski definition) is 5. The van der Waals surface area contributed by atoms with Crippen LogP contribution >= 0.6 is 0 Å². The zero-order valence-corrected chi connectivity index (χ0v) is 27.7. The molecule has 0 amide bonds. The van der Waals surface area contributed by atoms with Gasteiger partial charge in [-0.1, -0.05) is 121 Å². The second-order valence-corrected chi connectivity index (χ2v) is 13.2. The number of aromatic nitrogens is 3. The molecule has 8 aromatic carbocycles. The van der Waals surface area contributed by atoms with Crippen LogP contribution in [0.1, 0.15) is 0 Å². The van der Waals surface area contributed by atoms with Crippen LogP contribution in [0.15, 0.2) is 173 Å². The maximum Gasteiger partial charge on any atom is 0.164 e. The van der Waals surface area contributed by atoms with Gasteiger partial charge in [-0.05, 0) is 75.1 Å². The molecule has 0 spiro atoms. The van der Waals surface area contributed by atoms with Gasteiger partial charge in [0.05, 0.1) is 0 Å². The Hall–Kier alpha value is -7.11. The lowest BCUT2D eigenvalue weighted by atomic mass is 9.96. The van der Waals surface area contributed by atoms with E-state index < -0.39 is 0 Å². The number of benzene rings is 8. The lowest BCUT2D eigenvalue weighted by molar-refractivity contribution is 0.668. The second kappa shape index (κ2) is 11.2. The van der Waals surface area contributed by atoms with Crippen molar-refractivity contribution in [3.05, 3.63) is 164 Å². The first kappa shape index (κ1) is 28.7. The molecule has 11 rings (SSSR count). The Labute approximate surface area is 297 Å². The van der Waals surface area contributed by atoms with Crippen molar-refractivity contribution in [1.82, 2.24) is 15.0 Å². The minimum Gasteiger partial charge on any atom is -0.456 e. The van der Waals surface area contributed by atoms with Crippen LogP contribution in [0.4, 0.5) is 0 Å². The van der Waals surface area contributed by atoms with Crippen molar-refractivity contribution in [2.75, 3.05) is 0 Å². The van der Waals surface area contributed by atoms with Crippen LogP contribution < -0.4 is 0 Å². The molecule has 5 heteroatoms. The number of nitrogens with zero attached hydrogens (tertiary/aromatic N) is 3. The Kier molecular flexibility index (Phi) is 6.18. The highest BCUT2D eigenvalue weighted by atomic mass is 16.3. The van der Waals surface area contributed by atoms with Crippen molar-refractivity contribution in [1.29, 1.82) is 0 Å². The van der Waals surface area contributed by atoms with Gasteiger partial charge in [-0.25, -0.2) is 15.0 Å². The number of fused-ring (bicyclic) bond motifs is 9. The summed E-state index contributed by atoms with van der Waals surface area (Å²) in [6.07, 6.45) is 0. The standard InChI is InChI=1S/C47H27N3O2/c1-2-10-30(11-3-1)45-48-46(33-22-23-36-35-13-6-7-15-40(35)51-42(36)27-33)50-47(49-45)38-14-8-16-41-44(38)37-24-21-32(26-43(37)52-41)31-20-19-29-18-17-28-9-4-5-12-34(28)39(29)25-31/h1-27H. The predicted octanol–water partition coefficient (Wildman–Crippen LogP) is 12.6. The largest absolute Gasteiger partial charge is 0.456 e. The highest BCUT2D eigenvalue weighted by molar-refractivity contribution is 6.13. The molecule has 0 aliphatic rings. The normalized spacial score (nSPS) is 11.8. The van der Waals surface area contributed by atoms with E-state index in [1.54, 1.807) is 0 Å². The summed E-state index contributed by atoms with van der Waals surface area (Å²) < 4.78 is 12.8. The minimum atomic E-state index is 0.571. The van der Waals surface area contributed by atoms with Crippen molar-refractivity contribution in [2.45, 2.75) is 0 Å². The summed E-state index contributed by atoms with van der Waals surface area (Å²) in [6, 6.07) is 56.4. The van der Waals surface area contributed by atoms with E-state index in [1.165, 1.54) is 21.5 Å². The van der Waals surface area contributed by atoms with Gasteiger partial charge in [0, 0.05) is 38.2 Å². The van der Waals surface area contributed by atoms with Gasteiger partial charge < -0.3 is 8.83 Å². The summed E-state index contributed by atoms with van der Waals surface area (Å²) in [5.41, 5.74) is 8.12. The molecule has 0 radical (unpaired) electrons. The van der Waals surface area contributed by atoms with E-state index in [0.29, 0.717) is 17.5 Å². The smallest absolute Gasteiger partial charge is 0.164 e. The van der Waals surface area contributed by atoms with Gasteiger partial charge >= 0.3 is 0 Å². The Morgan fingerprint density at radius 3 is 1.79 bits per heavy atom. The van der Waals surface area contributed by atoms with Crippen molar-refractivity contribution in [2.24, 2.45) is 0 Å². The molecule has 52 heavy (non-hydrogen) atoms. The van der Waals surface area contributed by atoms with Crippen LogP contribution in [-0.4, -0.2) is 15.0 Å². The number of para-hydroxylation sites is 1. The minimum absolute atomic E-state index is 0.571. The molecule has 0 fully saturated rings. The first-order valence-electron chi connectivity index (χ1n) is 17.3. The molecule has 0 aliphatic heterocycles. The van der Waals surface area contributed by atoms with Crippen LogP contribution in [0.5, 0.6) is 0 Å². The molecule has 0 aliphatic carbocycles. The van der Waals surface area contributed by atoms with Crippen molar-refractivity contribution >= 4 is 65.4 Å². The number of rotatable bonds is 4. The fourth-order valence-electron chi connectivity index (χ4n) is 7.58. The van der Waals surface area contributed by atoms with Crippen LogP contribution in [0.2, 0.25) is 0 Å². The Morgan fingerprint density at radius 2 is 0.885 bits per heavy atom. The molecule has 0 N–H and O–H groups in total. The molecule has 0 unspecified atom stereocenters. The van der Waals surface area contributed by atoms with Gasteiger partial charge in [0.2, 0.25) is 0 Å². The van der Waals surface area contributed by atoms with Gasteiger partial charge in [0.25, 0.3) is 0 Å². The summed E-state index contributed by atoms with van der Waals surface area (Å²) in [7, 11) is 0. The average molecular weight is 666 g/mol. The molecule has 11 aromatic rings. The summed E-state index contributed by atoms with van der Waals surface area (Å²) in [5.74, 6) is 1.75. The van der Waals surface area contributed by atoms with E-state index >= 15 is 0 Å². The lowest BCUT2D eigenvalue weighted by Crippen LogP contribution is -2.00. The van der Waals surface area contributed by atoms with Crippen LogP contribution in [0.3, 0.4) is 0 Å². The summed E-state index contributed by atoms with van der Waals surface area (Å²) in [6.45, 7) is 0. The highest BCUT2D eigenvalue weighted by Crippen LogP contribution is 2.39. The van der Waals surface area contributed by atoms with Gasteiger partial charge in [-0.3, -0.25) is 0 Å². The molecule has 3 aromatic heterocycles. The zero-order chi connectivity index (χ0) is 34.2. The van der Waals surface area contributed by atoms with E-state index in [-0.39, 0.29) is 0 Å². The first-order valence-corrected chi connectivity index (χ1v) is 17.3. The quantitative estimate of drug-likeness (QED) is 0.175. The van der Waals surface area contributed by atoms with Gasteiger partial charge in [0.1, 0.15) is 22.3 Å². The Balaban J connectivity index is 1.07. The van der Waals surface area contributed by atoms with E-state index in [1.807, 2.05) is 66.7 Å². The molecule has 3 heterocycles. The van der Waals surface area contributed by atoms with Crippen molar-refractivity contribution in [3.8, 4) is 45.3 Å². The molecule has 0 atom stereocenters. The van der Waals surface area contributed by atoms with E-state index in [0.717, 1.165) is 71.7 Å². The maximum atomic E-state index is 6.56. The molecule has 0 saturated carbocycles. The van der Waals surface area contributed by atoms with Crippen LogP contribution in [0, 0.1) is 0 Å². The maximum absolute atomic E-state index is 6.56. The van der Waals surface area contributed by atoms with Crippen LogP contribution in [-0.2, 0) is 0 Å². The van der Waals surface area contributed by atoms with E-state index in [9.17, 15) is 0 Å². The average Bonchev–Trinajstić information content (AvgIpc) is 3.78. The van der Waals surface area contributed by atoms with Gasteiger partial charge in [-0.15, -0.1) is 0 Å². The van der Waals surface area contributed by atoms with Crippen molar-refractivity contribution in [3.63, 3.8) is 0 Å². The molecular formula is C47H27N3O2. The molecule has 5 nitrogen and oxygen atoms in total. The number of furan rings is 2. The molecular weight excluding hydrogens is 639 g/mol. The SMILES string of the molecule is c1ccc(-c2nc(-c3ccc4c(c3)oc3ccccc34)nc(-c3cccc4oc5cc(-c6ccc7ccc8ccccc8c7c6)ccc5c34)n2)cc1. The fourth-order valence-corrected chi connectivity index (χ4v) is 7.58. The topological polar surface area (TPSA) is 65.0 Å². The third-order valence-electron chi connectivity index (χ3n) is 10.1. The predicted molar refractivity (Wildman–Crippen MR) is 211 cm³/mol. The molecule has 0 bridgehead atoms. The van der Waals surface area contributed by atoms with Gasteiger partial charge in [-0.2, -0.15) is 0 Å². The number of hydrogen-bond donors (Lipinski definition) is 0. The highest BCUT2D eigenvalue weighted by Gasteiger charge is 2.19. The fraction of sp³-hybridized carbons (Fsp3) is 0. The van der Waals surface area contributed by atoms with E-state index in [2.05, 4.69) is 97.1 Å². The van der Waals surface area contributed by atoms with E-state index in [4.69, 9.17) is 23.8 Å². The van der Waals surface area contributed by atoms with Crippen molar-refractivity contribution < 1.29 is 8.83 Å². The zero-order valence-electron chi connectivity index (χ0n) is 27.7. The van der Waals surface area contributed by atoms with Gasteiger partial charge in [0.15, 0.2) is 17.5 Å². The lowest BCUT2D eigenvalue weighted by Gasteiger charge is -2.09. The first-order chi connectivity index (χ1) is 25.7. The molecule has 242 valence electrons.